The molecule has 176 valence electrons. The lowest BCUT2D eigenvalue weighted by atomic mass is 10.1. The summed E-state index contributed by atoms with van der Waals surface area (Å²) in [5.41, 5.74) is 7.66. The maximum atomic E-state index is 12.4. The number of carbonyl (C=O) groups excluding carboxylic acids is 1. The lowest BCUT2D eigenvalue weighted by Gasteiger charge is -2.11. The van der Waals surface area contributed by atoms with Gasteiger partial charge in [-0.05, 0) is 37.6 Å². The summed E-state index contributed by atoms with van der Waals surface area (Å²) in [6.07, 6.45) is 3.17. The highest BCUT2D eigenvalue weighted by Crippen LogP contribution is 2.28. The van der Waals surface area contributed by atoms with Crippen LogP contribution in [0.5, 0.6) is 0 Å². The van der Waals surface area contributed by atoms with Crippen LogP contribution in [0.1, 0.15) is 16.7 Å². The van der Waals surface area contributed by atoms with Gasteiger partial charge in [0.15, 0.2) is 11.0 Å². The minimum atomic E-state index is -0.272. The second-order valence-corrected chi connectivity index (χ2v) is 9.24. The number of nitrogens with zero attached hydrogens (tertiary/aromatic N) is 4. The van der Waals surface area contributed by atoms with Gasteiger partial charge in [0.2, 0.25) is 0 Å². The Hall–Kier alpha value is -3.68. The fourth-order valence-corrected chi connectivity index (χ4v) is 4.17. The zero-order valence-electron chi connectivity index (χ0n) is 19.4. The molecule has 0 radical (unpaired) electrons. The van der Waals surface area contributed by atoms with Crippen LogP contribution in [-0.2, 0) is 4.79 Å². The molecule has 4 aromatic rings. The number of hydrazone groups is 1. The van der Waals surface area contributed by atoms with Gasteiger partial charge in [0.1, 0.15) is 0 Å². The number of allylic oxidation sites excluding steroid dienone is 1. The molecule has 0 aliphatic heterocycles. The molecule has 1 amide bonds. The highest BCUT2D eigenvalue weighted by molar-refractivity contribution is 7.99. The molecule has 0 aliphatic rings. The molecule has 6 nitrogen and oxygen atoms in total. The fraction of sp³-hybridized carbons (Fsp3) is 0.111. The van der Waals surface area contributed by atoms with Crippen LogP contribution < -0.4 is 5.43 Å². The number of thioether (sulfide) groups is 1. The van der Waals surface area contributed by atoms with Gasteiger partial charge < -0.3 is 0 Å². The first kappa shape index (κ1) is 24.4. The summed E-state index contributed by atoms with van der Waals surface area (Å²) < 4.78 is 1.96. The van der Waals surface area contributed by atoms with E-state index >= 15 is 0 Å². The number of aryl methyl sites for hydroxylation is 2. The Bertz CT molecular complexity index is 1350. The number of hydrogen-bond donors (Lipinski definition) is 1. The molecule has 0 spiro atoms. The number of carbonyl (C=O) groups is 1. The number of nitrogens with one attached hydrogen (secondary N) is 1. The average molecular weight is 502 g/mol. The maximum Gasteiger partial charge on any atom is 0.250 e. The van der Waals surface area contributed by atoms with E-state index in [2.05, 4.69) is 20.7 Å². The van der Waals surface area contributed by atoms with Crippen molar-refractivity contribution in [2.24, 2.45) is 5.10 Å². The molecule has 1 aromatic heterocycles. The van der Waals surface area contributed by atoms with Crippen molar-refractivity contribution >= 4 is 41.6 Å². The van der Waals surface area contributed by atoms with E-state index in [4.69, 9.17) is 11.6 Å². The van der Waals surface area contributed by atoms with Crippen LogP contribution >= 0.6 is 23.4 Å². The Balaban J connectivity index is 1.47. The van der Waals surface area contributed by atoms with Crippen molar-refractivity contribution in [3.63, 3.8) is 0 Å². The first-order valence-corrected chi connectivity index (χ1v) is 12.3. The highest BCUT2D eigenvalue weighted by atomic mass is 35.5. The van der Waals surface area contributed by atoms with E-state index in [0.29, 0.717) is 16.0 Å². The van der Waals surface area contributed by atoms with Gasteiger partial charge in [-0.25, -0.2) is 5.43 Å². The van der Waals surface area contributed by atoms with Gasteiger partial charge in [-0.15, -0.1) is 10.2 Å². The lowest BCUT2D eigenvalue weighted by molar-refractivity contribution is -0.118. The van der Waals surface area contributed by atoms with Gasteiger partial charge in [-0.2, -0.15) is 5.10 Å². The van der Waals surface area contributed by atoms with E-state index in [0.717, 1.165) is 22.4 Å². The highest BCUT2D eigenvalue weighted by Gasteiger charge is 2.17. The molecule has 4 rings (SSSR count). The van der Waals surface area contributed by atoms with E-state index in [-0.39, 0.29) is 11.7 Å². The molecule has 8 heteroatoms. The van der Waals surface area contributed by atoms with Gasteiger partial charge in [0.25, 0.3) is 5.91 Å². The fourth-order valence-electron chi connectivity index (χ4n) is 3.25. The number of rotatable bonds is 8. The summed E-state index contributed by atoms with van der Waals surface area (Å²) in [4.78, 5) is 12.4. The molecule has 1 N–H and O–H groups in total. The van der Waals surface area contributed by atoms with Gasteiger partial charge >= 0.3 is 0 Å². The number of benzene rings is 3. The van der Waals surface area contributed by atoms with Gasteiger partial charge in [0, 0.05) is 11.3 Å². The van der Waals surface area contributed by atoms with Crippen molar-refractivity contribution in [3.05, 3.63) is 101 Å². The van der Waals surface area contributed by atoms with Crippen molar-refractivity contribution in [2.45, 2.75) is 19.0 Å². The number of aromatic nitrogens is 3. The summed E-state index contributed by atoms with van der Waals surface area (Å²) in [6.45, 7) is 4.08. The Morgan fingerprint density at radius 3 is 2.31 bits per heavy atom. The monoisotopic (exact) mass is 501 g/mol. The molecule has 0 aliphatic carbocycles. The molecule has 0 saturated carbocycles. The van der Waals surface area contributed by atoms with Crippen LogP contribution in [-0.4, -0.2) is 32.6 Å². The predicted molar refractivity (Wildman–Crippen MR) is 144 cm³/mol. The summed E-state index contributed by atoms with van der Waals surface area (Å²) in [6, 6.07) is 25.9. The van der Waals surface area contributed by atoms with Crippen molar-refractivity contribution in [1.82, 2.24) is 20.2 Å². The Morgan fingerprint density at radius 1 is 0.971 bits per heavy atom. The standard InChI is InChI=1S/C27H24ClN5OS/c1-19-8-12-22(13-9-19)26-31-32-27(33(26)24-14-10-20(2)11-15-24)35-18-25(34)30-29-17-23(28)16-21-6-4-3-5-7-21/h3-17H,18H2,1-2H3,(H,30,34). The Kier molecular flexibility index (Phi) is 8.13. The van der Waals surface area contributed by atoms with E-state index in [1.54, 1.807) is 6.08 Å². The third-order valence-corrected chi connectivity index (χ3v) is 6.18. The van der Waals surface area contributed by atoms with Crippen LogP contribution in [0.25, 0.3) is 23.2 Å². The van der Waals surface area contributed by atoms with E-state index in [1.165, 1.54) is 23.5 Å². The molecule has 0 bridgehead atoms. The zero-order chi connectivity index (χ0) is 24.6. The van der Waals surface area contributed by atoms with Crippen LogP contribution in [0.3, 0.4) is 0 Å². The summed E-state index contributed by atoms with van der Waals surface area (Å²) in [5.74, 6) is 0.563. The van der Waals surface area contributed by atoms with E-state index < -0.39 is 0 Å². The van der Waals surface area contributed by atoms with Gasteiger partial charge in [-0.1, -0.05) is 101 Å². The minimum Gasteiger partial charge on any atom is -0.272 e. The second-order valence-electron chi connectivity index (χ2n) is 7.86. The minimum absolute atomic E-state index is 0.120. The van der Waals surface area contributed by atoms with Crippen LogP contribution in [0.2, 0.25) is 0 Å². The smallest absolute Gasteiger partial charge is 0.250 e. The molecule has 0 saturated heterocycles. The van der Waals surface area contributed by atoms with Crippen LogP contribution in [0.4, 0.5) is 0 Å². The van der Waals surface area contributed by atoms with Crippen molar-refractivity contribution in [1.29, 1.82) is 0 Å². The van der Waals surface area contributed by atoms with Gasteiger partial charge in [-0.3, -0.25) is 9.36 Å². The molecule has 1 heterocycles. The van der Waals surface area contributed by atoms with E-state index in [9.17, 15) is 4.79 Å². The normalized spacial score (nSPS) is 11.7. The third-order valence-electron chi connectivity index (χ3n) is 5.05. The first-order valence-electron chi connectivity index (χ1n) is 11.0. The van der Waals surface area contributed by atoms with E-state index in [1.807, 2.05) is 97.3 Å². The van der Waals surface area contributed by atoms with Crippen LogP contribution in [0.15, 0.2) is 94.2 Å². The maximum absolute atomic E-state index is 12.4. The molecule has 0 fully saturated rings. The SMILES string of the molecule is Cc1ccc(-c2nnc(SCC(=O)NN=CC(Cl)=Cc3ccccc3)n2-c2ccc(C)cc2)cc1. The van der Waals surface area contributed by atoms with Crippen molar-refractivity contribution in [3.8, 4) is 17.1 Å². The molecule has 35 heavy (non-hydrogen) atoms. The Morgan fingerprint density at radius 2 is 1.63 bits per heavy atom. The largest absolute Gasteiger partial charge is 0.272 e. The first-order chi connectivity index (χ1) is 17.0. The summed E-state index contributed by atoms with van der Waals surface area (Å²) in [5, 5.41) is 13.8. The average Bonchev–Trinajstić information content (AvgIpc) is 3.28. The van der Waals surface area contributed by atoms with Crippen LogP contribution in [0, 0.1) is 13.8 Å². The molecule has 0 unspecified atom stereocenters. The van der Waals surface area contributed by atoms with Crippen molar-refractivity contribution in [2.75, 3.05) is 5.75 Å². The summed E-state index contributed by atoms with van der Waals surface area (Å²) >= 11 is 7.47. The number of halogens is 1. The zero-order valence-corrected chi connectivity index (χ0v) is 20.9. The quantitative estimate of drug-likeness (QED) is 0.182. The number of amides is 1. The molecule has 3 aromatic carbocycles. The predicted octanol–water partition coefficient (Wildman–Crippen LogP) is 6.03. The van der Waals surface area contributed by atoms with Crippen molar-refractivity contribution < 1.29 is 4.79 Å². The number of hydrogen-bond acceptors (Lipinski definition) is 5. The van der Waals surface area contributed by atoms with Gasteiger partial charge in [0.05, 0.1) is 17.0 Å². The second kappa shape index (κ2) is 11.6. The molecular formula is C27H24ClN5OS. The topological polar surface area (TPSA) is 72.2 Å². The summed E-state index contributed by atoms with van der Waals surface area (Å²) in [7, 11) is 0. The Labute approximate surface area is 213 Å². The molecular weight excluding hydrogens is 478 g/mol. The lowest BCUT2D eigenvalue weighted by Crippen LogP contribution is -2.19. The third kappa shape index (κ3) is 6.68. The molecule has 0 atom stereocenters.